The third-order valence-corrected chi connectivity index (χ3v) is 7.76. The monoisotopic (exact) mass is 510 g/mol. The van der Waals surface area contributed by atoms with Crippen LogP contribution in [0, 0.1) is 13.8 Å². The van der Waals surface area contributed by atoms with Crippen LogP contribution in [0.25, 0.3) is 0 Å². The number of amides is 1. The Morgan fingerprint density at radius 3 is 2.08 bits per heavy atom. The molecule has 0 fully saturated rings. The summed E-state index contributed by atoms with van der Waals surface area (Å²) < 4.78 is 39.4. The molecule has 0 aliphatic heterocycles. The number of ether oxygens (including phenoxy) is 2. The lowest BCUT2D eigenvalue weighted by atomic mass is 10.1. The van der Waals surface area contributed by atoms with Gasteiger partial charge in [0.25, 0.3) is 10.0 Å². The molecule has 0 spiro atoms. The van der Waals surface area contributed by atoms with E-state index in [0.29, 0.717) is 11.4 Å². The molecule has 0 aliphatic rings. The van der Waals surface area contributed by atoms with E-state index in [1.165, 1.54) is 38.0 Å². The molecule has 3 aromatic rings. The van der Waals surface area contributed by atoms with Gasteiger partial charge in [0.05, 0.1) is 30.8 Å². The number of nitrogens with one attached hydrogen (secondary N) is 1. The highest BCUT2D eigenvalue weighted by atomic mass is 32.2. The molecule has 0 heterocycles. The second kappa shape index (κ2) is 11.5. The predicted molar refractivity (Wildman–Crippen MR) is 142 cm³/mol. The molecular formula is C28H34N2O5S. The van der Waals surface area contributed by atoms with Gasteiger partial charge in [-0.25, -0.2) is 8.42 Å². The fourth-order valence-corrected chi connectivity index (χ4v) is 5.48. The minimum absolute atomic E-state index is 0.00434. The van der Waals surface area contributed by atoms with Crippen molar-refractivity contribution in [3.8, 4) is 11.5 Å². The lowest BCUT2D eigenvalue weighted by molar-refractivity contribution is -0.120. The number of hydrogen-bond acceptors (Lipinski definition) is 5. The molecule has 0 aromatic heterocycles. The van der Waals surface area contributed by atoms with Crippen LogP contribution in [0.4, 0.5) is 5.69 Å². The van der Waals surface area contributed by atoms with Gasteiger partial charge in [-0.05, 0) is 73.7 Å². The zero-order valence-corrected chi connectivity index (χ0v) is 22.5. The van der Waals surface area contributed by atoms with E-state index in [1.807, 2.05) is 51.1 Å². The topological polar surface area (TPSA) is 84.9 Å². The molecule has 192 valence electrons. The average Bonchev–Trinajstić information content (AvgIpc) is 2.86. The second-order valence-electron chi connectivity index (χ2n) is 8.76. The number of hydrogen-bond donors (Lipinski definition) is 1. The summed E-state index contributed by atoms with van der Waals surface area (Å²) in [6.07, 6.45) is 0.930. The first-order chi connectivity index (χ1) is 17.1. The number of methoxy groups -OCH3 is 2. The van der Waals surface area contributed by atoms with Gasteiger partial charge in [0.15, 0.2) is 11.5 Å². The van der Waals surface area contributed by atoms with Gasteiger partial charge in [-0.15, -0.1) is 0 Å². The third kappa shape index (κ3) is 6.18. The van der Waals surface area contributed by atoms with Crippen molar-refractivity contribution in [2.24, 2.45) is 0 Å². The Kier molecular flexibility index (Phi) is 8.63. The minimum atomic E-state index is -4.11. The third-order valence-electron chi connectivity index (χ3n) is 5.99. The van der Waals surface area contributed by atoms with Crippen LogP contribution in [0.1, 0.15) is 42.1 Å². The zero-order valence-electron chi connectivity index (χ0n) is 21.7. The number of anilines is 1. The maximum atomic E-state index is 13.8. The Bertz CT molecular complexity index is 1300. The summed E-state index contributed by atoms with van der Waals surface area (Å²) in [6, 6.07) is 17.6. The molecule has 0 radical (unpaired) electrons. The van der Waals surface area contributed by atoms with E-state index in [4.69, 9.17) is 9.47 Å². The van der Waals surface area contributed by atoms with Gasteiger partial charge in [0.2, 0.25) is 5.91 Å². The molecule has 0 bridgehead atoms. The van der Waals surface area contributed by atoms with Gasteiger partial charge in [0, 0.05) is 6.07 Å². The first-order valence-corrected chi connectivity index (χ1v) is 13.2. The van der Waals surface area contributed by atoms with Crippen molar-refractivity contribution >= 4 is 21.6 Å². The number of aryl methyl sites for hydroxylation is 3. The maximum Gasteiger partial charge on any atom is 0.264 e. The fourth-order valence-electron chi connectivity index (χ4n) is 4.06. The Morgan fingerprint density at radius 1 is 0.917 bits per heavy atom. The first-order valence-electron chi connectivity index (χ1n) is 11.8. The van der Waals surface area contributed by atoms with E-state index in [2.05, 4.69) is 12.2 Å². The predicted octanol–water partition coefficient (Wildman–Crippen LogP) is 4.96. The molecule has 0 saturated heterocycles. The Morgan fingerprint density at radius 2 is 1.53 bits per heavy atom. The van der Waals surface area contributed by atoms with Gasteiger partial charge >= 0.3 is 0 Å². The quantitative estimate of drug-likeness (QED) is 0.417. The standard InChI is InChI=1S/C28H34N2O5S/c1-7-22-8-10-23(11-9-22)21(4)29-28(31)18-30(24-15-19(2)14-20(3)16-24)36(32,33)25-12-13-26(34-5)27(17-25)35-6/h8-17,21H,7,18H2,1-6H3,(H,29,31). The second-order valence-corrected chi connectivity index (χ2v) is 10.6. The van der Waals surface area contributed by atoms with Crippen LogP contribution in [0.2, 0.25) is 0 Å². The normalized spacial score (nSPS) is 12.1. The molecule has 1 atom stereocenters. The van der Waals surface area contributed by atoms with Crippen LogP contribution in [-0.2, 0) is 21.2 Å². The van der Waals surface area contributed by atoms with Crippen LogP contribution in [-0.4, -0.2) is 35.1 Å². The lowest BCUT2D eigenvalue weighted by Gasteiger charge is -2.26. The largest absolute Gasteiger partial charge is 0.493 e. The molecule has 1 N–H and O–H groups in total. The number of carbonyl (C=O) groups is 1. The molecule has 3 rings (SSSR count). The Hall–Kier alpha value is -3.52. The van der Waals surface area contributed by atoms with Crippen molar-refractivity contribution in [1.29, 1.82) is 0 Å². The SMILES string of the molecule is CCc1ccc(C(C)NC(=O)CN(c2cc(C)cc(C)c2)S(=O)(=O)c2ccc(OC)c(OC)c2)cc1. The van der Waals surface area contributed by atoms with Crippen molar-refractivity contribution in [2.45, 2.75) is 45.1 Å². The van der Waals surface area contributed by atoms with Gasteiger partial charge in [0.1, 0.15) is 6.54 Å². The Balaban J connectivity index is 1.96. The van der Waals surface area contributed by atoms with E-state index in [-0.39, 0.29) is 23.2 Å². The van der Waals surface area contributed by atoms with E-state index >= 15 is 0 Å². The maximum absolute atomic E-state index is 13.8. The summed E-state index contributed by atoms with van der Waals surface area (Å²) in [7, 11) is -1.19. The van der Waals surface area contributed by atoms with E-state index in [9.17, 15) is 13.2 Å². The van der Waals surface area contributed by atoms with Gasteiger partial charge in [-0.3, -0.25) is 9.10 Å². The number of rotatable bonds is 10. The molecule has 0 aliphatic carbocycles. The summed E-state index contributed by atoms with van der Waals surface area (Å²) in [5.41, 5.74) is 4.35. The van der Waals surface area contributed by atoms with Crippen molar-refractivity contribution in [3.63, 3.8) is 0 Å². The summed E-state index contributed by atoms with van der Waals surface area (Å²) in [4.78, 5) is 13.1. The summed E-state index contributed by atoms with van der Waals surface area (Å²) in [5, 5.41) is 2.94. The van der Waals surface area contributed by atoms with Crippen LogP contribution >= 0.6 is 0 Å². The van der Waals surface area contributed by atoms with Gasteiger partial charge in [-0.1, -0.05) is 37.3 Å². The lowest BCUT2D eigenvalue weighted by Crippen LogP contribution is -2.41. The molecule has 7 nitrogen and oxygen atoms in total. The van der Waals surface area contributed by atoms with Crippen LogP contribution in [0.5, 0.6) is 11.5 Å². The number of carbonyl (C=O) groups excluding carboxylic acids is 1. The molecular weight excluding hydrogens is 476 g/mol. The molecule has 3 aromatic carbocycles. The highest BCUT2D eigenvalue weighted by Crippen LogP contribution is 2.32. The Labute approximate surface area is 214 Å². The highest BCUT2D eigenvalue weighted by molar-refractivity contribution is 7.92. The van der Waals surface area contributed by atoms with Gasteiger partial charge in [-0.2, -0.15) is 0 Å². The zero-order chi connectivity index (χ0) is 26.5. The fraction of sp³-hybridized carbons (Fsp3) is 0.321. The van der Waals surface area contributed by atoms with Crippen LogP contribution in [0.15, 0.2) is 65.6 Å². The molecule has 8 heteroatoms. The summed E-state index contributed by atoms with van der Waals surface area (Å²) in [6.45, 7) is 7.36. The summed E-state index contributed by atoms with van der Waals surface area (Å²) >= 11 is 0. The van der Waals surface area contributed by atoms with Crippen molar-refractivity contribution < 1.29 is 22.7 Å². The van der Waals surface area contributed by atoms with Crippen LogP contribution < -0.4 is 19.1 Å². The minimum Gasteiger partial charge on any atom is -0.493 e. The molecule has 36 heavy (non-hydrogen) atoms. The highest BCUT2D eigenvalue weighted by Gasteiger charge is 2.29. The molecule has 0 saturated carbocycles. The van der Waals surface area contributed by atoms with E-state index in [0.717, 1.165) is 27.4 Å². The van der Waals surface area contributed by atoms with Gasteiger partial charge < -0.3 is 14.8 Å². The number of sulfonamides is 1. The van der Waals surface area contributed by atoms with E-state index in [1.54, 1.807) is 12.1 Å². The average molecular weight is 511 g/mol. The van der Waals surface area contributed by atoms with Crippen molar-refractivity contribution in [3.05, 3.63) is 82.9 Å². The summed E-state index contributed by atoms with van der Waals surface area (Å²) in [5.74, 6) is 0.285. The smallest absolute Gasteiger partial charge is 0.264 e. The first kappa shape index (κ1) is 27.1. The molecule has 1 unspecified atom stereocenters. The number of nitrogens with zero attached hydrogens (tertiary/aromatic N) is 1. The van der Waals surface area contributed by atoms with Crippen LogP contribution in [0.3, 0.4) is 0 Å². The molecule has 1 amide bonds. The number of benzene rings is 3. The van der Waals surface area contributed by atoms with E-state index < -0.39 is 15.9 Å². The van der Waals surface area contributed by atoms with Crippen molar-refractivity contribution in [1.82, 2.24) is 5.32 Å². The van der Waals surface area contributed by atoms with Crippen molar-refractivity contribution in [2.75, 3.05) is 25.1 Å².